The van der Waals surface area contributed by atoms with Crippen molar-refractivity contribution >= 4 is 11.5 Å². The average Bonchev–Trinajstić information content (AvgIpc) is 2.81. The Bertz CT molecular complexity index is 881. The number of nitrogens with zero attached hydrogens (tertiary/aromatic N) is 2. The van der Waals surface area contributed by atoms with Crippen LogP contribution in [0, 0.1) is 0 Å². The first-order valence-corrected chi connectivity index (χ1v) is 10.3. The number of aliphatic imine (C=N–C) groups is 1. The molecule has 6 nitrogen and oxygen atoms in total. The van der Waals surface area contributed by atoms with Crippen molar-refractivity contribution in [1.82, 2.24) is 10.2 Å². The Morgan fingerprint density at radius 2 is 1.97 bits per heavy atom. The SMILES string of the molecule is CCNC(=NCC(O)c1cc(OC)ccc1OC)N1CC=C(c2ccccc2)CC1. The fourth-order valence-electron chi connectivity index (χ4n) is 3.57. The number of aliphatic hydroxyl groups excluding tert-OH is 1. The van der Waals surface area contributed by atoms with Gasteiger partial charge >= 0.3 is 0 Å². The summed E-state index contributed by atoms with van der Waals surface area (Å²) in [7, 11) is 3.20. The van der Waals surface area contributed by atoms with E-state index in [1.807, 2.05) is 19.1 Å². The minimum absolute atomic E-state index is 0.234. The van der Waals surface area contributed by atoms with Gasteiger partial charge in [-0.15, -0.1) is 0 Å². The van der Waals surface area contributed by atoms with E-state index < -0.39 is 6.10 Å². The molecule has 1 heterocycles. The second kappa shape index (κ2) is 10.7. The lowest BCUT2D eigenvalue weighted by Gasteiger charge is -2.30. The molecular weight excluding hydrogens is 378 g/mol. The Balaban J connectivity index is 1.72. The molecule has 1 atom stereocenters. The van der Waals surface area contributed by atoms with Gasteiger partial charge in [-0.25, -0.2) is 0 Å². The highest BCUT2D eigenvalue weighted by molar-refractivity contribution is 5.81. The summed E-state index contributed by atoms with van der Waals surface area (Å²) in [5.41, 5.74) is 3.31. The Hall–Kier alpha value is -2.99. The lowest BCUT2D eigenvalue weighted by Crippen LogP contribution is -2.43. The van der Waals surface area contributed by atoms with E-state index in [0.717, 1.165) is 32.0 Å². The van der Waals surface area contributed by atoms with Gasteiger partial charge in [0.05, 0.1) is 20.8 Å². The lowest BCUT2D eigenvalue weighted by atomic mass is 10.00. The average molecular weight is 410 g/mol. The van der Waals surface area contributed by atoms with E-state index >= 15 is 0 Å². The van der Waals surface area contributed by atoms with Crippen molar-refractivity contribution < 1.29 is 14.6 Å². The first-order valence-electron chi connectivity index (χ1n) is 10.3. The largest absolute Gasteiger partial charge is 0.497 e. The number of aliphatic hydroxyl groups is 1. The van der Waals surface area contributed by atoms with Crippen molar-refractivity contribution in [2.24, 2.45) is 4.99 Å². The number of benzene rings is 2. The Morgan fingerprint density at radius 3 is 2.60 bits per heavy atom. The van der Waals surface area contributed by atoms with E-state index in [9.17, 15) is 5.11 Å². The van der Waals surface area contributed by atoms with Crippen molar-refractivity contribution in [3.63, 3.8) is 0 Å². The van der Waals surface area contributed by atoms with E-state index in [2.05, 4.69) is 40.6 Å². The van der Waals surface area contributed by atoms with Crippen LogP contribution in [0.5, 0.6) is 11.5 Å². The quantitative estimate of drug-likeness (QED) is 0.541. The molecule has 6 heteroatoms. The molecule has 3 rings (SSSR count). The van der Waals surface area contributed by atoms with Crippen LogP contribution in [0.25, 0.3) is 5.57 Å². The monoisotopic (exact) mass is 409 g/mol. The lowest BCUT2D eigenvalue weighted by molar-refractivity contribution is 0.181. The fourth-order valence-corrected chi connectivity index (χ4v) is 3.57. The molecule has 2 aromatic rings. The van der Waals surface area contributed by atoms with Crippen LogP contribution in [0.2, 0.25) is 0 Å². The third kappa shape index (κ3) is 5.33. The molecule has 1 unspecified atom stereocenters. The van der Waals surface area contributed by atoms with Gasteiger partial charge in [-0.3, -0.25) is 4.99 Å². The van der Waals surface area contributed by atoms with Crippen LogP contribution in [0.15, 0.2) is 59.6 Å². The summed E-state index contributed by atoms with van der Waals surface area (Å²) in [6, 6.07) is 15.9. The maximum absolute atomic E-state index is 10.8. The van der Waals surface area contributed by atoms with E-state index in [1.165, 1.54) is 11.1 Å². The van der Waals surface area contributed by atoms with Crippen LogP contribution in [-0.4, -0.2) is 56.4 Å². The highest BCUT2D eigenvalue weighted by Crippen LogP contribution is 2.29. The number of hydrogen-bond acceptors (Lipinski definition) is 4. The minimum Gasteiger partial charge on any atom is -0.497 e. The Labute approximate surface area is 178 Å². The molecule has 1 aliphatic heterocycles. The zero-order chi connectivity index (χ0) is 21.3. The van der Waals surface area contributed by atoms with Crippen molar-refractivity contribution in [3.05, 3.63) is 65.7 Å². The van der Waals surface area contributed by atoms with Gasteiger partial charge in [0.15, 0.2) is 5.96 Å². The second-order valence-corrected chi connectivity index (χ2v) is 7.11. The van der Waals surface area contributed by atoms with Crippen molar-refractivity contribution in [2.45, 2.75) is 19.4 Å². The summed E-state index contributed by atoms with van der Waals surface area (Å²) in [5.74, 6) is 2.11. The molecule has 0 amide bonds. The van der Waals surface area contributed by atoms with Gasteiger partial charge in [-0.1, -0.05) is 36.4 Å². The van der Waals surface area contributed by atoms with Gasteiger partial charge in [0.25, 0.3) is 0 Å². The molecule has 0 radical (unpaired) electrons. The summed E-state index contributed by atoms with van der Waals surface area (Å²) in [4.78, 5) is 6.91. The standard InChI is InChI=1S/C24H31N3O3/c1-4-25-24(27-14-12-19(13-15-27)18-8-6-5-7-9-18)26-17-22(28)21-16-20(29-2)10-11-23(21)30-3/h5-12,16,22,28H,4,13-15,17H2,1-3H3,(H,25,26). The van der Waals surface area contributed by atoms with Crippen molar-refractivity contribution in [1.29, 1.82) is 0 Å². The first kappa shape index (κ1) is 21.7. The molecule has 0 aromatic heterocycles. The normalized spacial score (nSPS) is 15.4. The van der Waals surface area contributed by atoms with Crippen LogP contribution in [0.4, 0.5) is 0 Å². The van der Waals surface area contributed by atoms with Gasteiger partial charge in [0.2, 0.25) is 0 Å². The summed E-state index contributed by atoms with van der Waals surface area (Å²) < 4.78 is 10.7. The molecule has 0 fully saturated rings. The number of nitrogens with one attached hydrogen (secondary N) is 1. The Kier molecular flexibility index (Phi) is 7.74. The van der Waals surface area contributed by atoms with E-state index in [1.54, 1.807) is 26.4 Å². The van der Waals surface area contributed by atoms with Crippen molar-refractivity contribution in [3.8, 4) is 11.5 Å². The molecule has 2 aromatic carbocycles. The van der Waals surface area contributed by atoms with E-state index in [4.69, 9.17) is 14.5 Å². The zero-order valence-corrected chi connectivity index (χ0v) is 18.0. The minimum atomic E-state index is -0.788. The van der Waals surface area contributed by atoms with Crippen LogP contribution >= 0.6 is 0 Å². The topological polar surface area (TPSA) is 66.3 Å². The zero-order valence-electron chi connectivity index (χ0n) is 18.0. The maximum Gasteiger partial charge on any atom is 0.194 e. The number of ether oxygens (including phenoxy) is 2. The van der Waals surface area contributed by atoms with Gasteiger partial charge in [-0.2, -0.15) is 0 Å². The predicted molar refractivity (Wildman–Crippen MR) is 121 cm³/mol. The van der Waals surface area contributed by atoms with Crippen LogP contribution in [0.1, 0.15) is 30.6 Å². The molecule has 30 heavy (non-hydrogen) atoms. The molecule has 0 saturated heterocycles. The fraction of sp³-hybridized carbons (Fsp3) is 0.375. The molecule has 0 saturated carbocycles. The van der Waals surface area contributed by atoms with E-state index in [0.29, 0.717) is 17.1 Å². The van der Waals surface area contributed by atoms with Crippen molar-refractivity contribution in [2.75, 3.05) is 40.4 Å². The molecule has 0 spiro atoms. The number of hydrogen-bond donors (Lipinski definition) is 2. The Morgan fingerprint density at radius 1 is 1.17 bits per heavy atom. The second-order valence-electron chi connectivity index (χ2n) is 7.11. The maximum atomic E-state index is 10.8. The number of rotatable bonds is 7. The van der Waals surface area contributed by atoms with E-state index in [-0.39, 0.29) is 6.54 Å². The highest BCUT2D eigenvalue weighted by atomic mass is 16.5. The summed E-state index contributed by atoms with van der Waals surface area (Å²) >= 11 is 0. The molecule has 0 aliphatic carbocycles. The van der Waals surface area contributed by atoms with Crippen LogP contribution < -0.4 is 14.8 Å². The molecule has 160 valence electrons. The number of methoxy groups -OCH3 is 2. The van der Waals surface area contributed by atoms with Crippen LogP contribution in [-0.2, 0) is 0 Å². The third-order valence-corrected chi connectivity index (χ3v) is 5.20. The van der Waals surface area contributed by atoms with Crippen LogP contribution in [0.3, 0.4) is 0 Å². The number of guanidine groups is 1. The van der Waals surface area contributed by atoms with Gasteiger partial charge in [-0.05, 0) is 42.7 Å². The molecular formula is C24H31N3O3. The smallest absolute Gasteiger partial charge is 0.194 e. The first-order chi connectivity index (χ1) is 14.7. The van der Waals surface area contributed by atoms with Gasteiger partial charge < -0.3 is 24.8 Å². The summed E-state index contributed by atoms with van der Waals surface area (Å²) in [6.07, 6.45) is 2.43. The van der Waals surface area contributed by atoms with Gasteiger partial charge in [0.1, 0.15) is 17.6 Å². The summed E-state index contributed by atoms with van der Waals surface area (Å²) in [6.45, 7) is 4.72. The third-order valence-electron chi connectivity index (χ3n) is 5.20. The highest BCUT2D eigenvalue weighted by Gasteiger charge is 2.18. The molecule has 0 bridgehead atoms. The molecule has 1 aliphatic rings. The van der Waals surface area contributed by atoms with Gasteiger partial charge in [0, 0.05) is 25.2 Å². The molecule has 2 N–H and O–H groups in total. The predicted octanol–water partition coefficient (Wildman–Crippen LogP) is 3.49. The summed E-state index contributed by atoms with van der Waals surface area (Å²) in [5, 5.41) is 14.1.